The van der Waals surface area contributed by atoms with Crippen molar-refractivity contribution in [3.63, 3.8) is 0 Å². The number of nitrogens with one attached hydrogen (secondary N) is 1. The molecule has 1 N–H and O–H groups in total. The Labute approximate surface area is 115 Å². The molecule has 0 amide bonds. The summed E-state index contributed by atoms with van der Waals surface area (Å²) in [5.74, 6) is 0.561. The van der Waals surface area contributed by atoms with E-state index in [1.54, 1.807) is 12.1 Å². The van der Waals surface area contributed by atoms with E-state index in [9.17, 15) is 9.18 Å². The van der Waals surface area contributed by atoms with Gasteiger partial charge >= 0.3 is 0 Å². The predicted octanol–water partition coefficient (Wildman–Crippen LogP) is 2.38. The van der Waals surface area contributed by atoms with Crippen LogP contribution in [0, 0.1) is 12.7 Å². The summed E-state index contributed by atoms with van der Waals surface area (Å²) in [6.45, 7) is 1.58. The molecule has 3 rings (SSSR count). The van der Waals surface area contributed by atoms with Gasteiger partial charge in [-0.15, -0.1) is 0 Å². The number of fused-ring (bicyclic) bond motifs is 1. The fourth-order valence-corrected chi connectivity index (χ4v) is 2.37. The molecule has 0 saturated heterocycles. The molecule has 5 nitrogen and oxygen atoms in total. The molecule has 1 aromatic heterocycles. The van der Waals surface area contributed by atoms with Crippen LogP contribution in [0.15, 0.2) is 21.4 Å². The lowest BCUT2D eigenvalue weighted by atomic mass is 10.2. The van der Waals surface area contributed by atoms with Crippen LogP contribution in [0.25, 0.3) is 11.4 Å². The molecule has 0 aliphatic carbocycles. The van der Waals surface area contributed by atoms with Gasteiger partial charge in [0.2, 0.25) is 12.6 Å². The molecule has 2 aromatic rings. The minimum absolute atomic E-state index is 0.0486. The highest BCUT2D eigenvalue weighted by atomic mass is 79.9. The molecule has 0 atom stereocenters. The third-order valence-corrected chi connectivity index (χ3v) is 3.32. The van der Waals surface area contributed by atoms with Gasteiger partial charge in [0.1, 0.15) is 5.82 Å². The maximum Gasteiger partial charge on any atom is 0.287 e. The molecule has 1 aliphatic heterocycles. The fourth-order valence-electron chi connectivity index (χ4n) is 1.81. The van der Waals surface area contributed by atoms with Crippen LogP contribution >= 0.6 is 15.9 Å². The summed E-state index contributed by atoms with van der Waals surface area (Å²) in [6.07, 6.45) is 0. The Balaban J connectivity index is 2.18. The summed E-state index contributed by atoms with van der Waals surface area (Å²) in [5.41, 5.74) is -0.139. The van der Waals surface area contributed by atoms with Crippen molar-refractivity contribution in [2.45, 2.75) is 6.92 Å². The topological polar surface area (TPSA) is 64.2 Å². The van der Waals surface area contributed by atoms with Gasteiger partial charge in [-0.05, 0) is 35.0 Å². The van der Waals surface area contributed by atoms with E-state index in [0.717, 1.165) is 0 Å². The number of aryl methyl sites for hydroxylation is 1. The van der Waals surface area contributed by atoms with Gasteiger partial charge < -0.3 is 14.5 Å². The first-order chi connectivity index (χ1) is 9.06. The molecule has 0 saturated carbocycles. The summed E-state index contributed by atoms with van der Waals surface area (Å²) in [5, 5.41) is 0. The Morgan fingerprint density at radius 1 is 1.42 bits per heavy atom. The van der Waals surface area contributed by atoms with Crippen LogP contribution in [0.1, 0.15) is 5.69 Å². The van der Waals surface area contributed by atoms with E-state index in [-0.39, 0.29) is 18.3 Å². The maximum atomic E-state index is 13.3. The molecule has 7 heteroatoms. The van der Waals surface area contributed by atoms with Crippen molar-refractivity contribution in [2.24, 2.45) is 0 Å². The van der Waals surface area contributed by atoms with E-state index in [4.69, 9.17) is 9.47 Å². The van der Waals surface area contributed by atoms with Crippen LogP contribution in [0.5, 0.6) is 11.5 Å². The number of hydrogen-bond acceptors (Lipinski definition) is 4. The summed E-state index contributed by atoms with van der Waals surface area (Å²) >= 11 is 3.35. The van der Waals surface area contributed by atoms with Crippen molar-refractivity contribution in [3.05, 3.63) is 38.5 Å². The fraction of sp³-hybridized carbons (Fsp3) is 0.167. The molecular weight excluding hydrogens is 319 g/mol. The van der Waals surface area contributed by atoms with E-state index in [0.29, 0.717) is 21.5 Å². The van der Waals surface area contributed by atoms with Crippen LogP contribution in [0.3, 0.4) is 0 Å². The average molecular weight is 327 g/mol. The third kappa shape index (κ3) is 1.99. The van der Waals surface area contributed by atoms with Crippen LogP contribution in [-0.2, 0) is 0 Å². The molecule has 0 unspecified atom stereocenters. The lowest BCUT2D eigenvalue weighted by Crippen LogP contribution is -2.15. The Morgan fingerprint density at radius 2 is 2.21 bits per heavy atom. The number of aromatic amines is 1. The van der Waals surface area contributed by atoms with E-state index in [1.807, 2.05) is 0 Å². The zero-order chi connectivity index (χ0) is 13.6. The second kappa shape index (κ2) is 4.34. The molecule has 98 valence electrons. The van der Waals surface area contributed by atoms with Crippen molar-refractivity contribution < 1.29 is 13.9 Å². The molecule has 1 aromatic carbocycles. The number of H-pyrrole nitrogens is 1. The summed E-state index contributed by atoms with van der Waals surface area (Å²) in [7, 11) is 0. The standard InChI is InChI=1S/C12H8BrFN2O3/c1-5-9(14)12(17)16-11(15-5)6-2-7(13)10-8(3-6)18-4-19-10/h2-3H,4H2,1H3,(H,15,16,17). The van der Waals surface area contributed by atoms with Gasteiger partial charge in [0.25, 0.3) is 5.56 Å². The molecule has 1 aliphatic rings. The SMILES string of the molecule is Cc1nc(-c2cc(Br)c3c(c2)OCO3)[nH]c(=O)c1F. The van der Waals surface area contributed by atoms with Gasteiger partial charge in [-0.3, -0.25) is 4.79 Å². The maximum absolute atomic E-state index is 13.3. The van der Waals surface area contributed by atoms with E-state index < -0.39 is 11.4 Å². The zero-order valence-electron chi connectivity index (χ0n) is 9.79. The Hall–Kier alpha value is -1.89. The van der Waals surface area contributed by atoms with Crippen molar-refractivity contribution in [2.75, 3.05) is 6.79 Å². The third-order valence-electron chi connectivity index (χ3n) is 2.73. The highest BCUT2D eigenvalue weighted by molar-refractivity contribution is 9.10. The number of ether oxygens (including phenoxy) is 2. The van der Waals surface area contributed by atoms with Gasteiger partial charge in [-0.1, -0.05) is 0 Å². The quantitative estimate of drug-likeness (QED) is 0.873. The largest absolute Gasteiger partial charge is 0.454 e. The molecule has 0 spiro atoms. The minimum atomic E-state index is -0.872. The lowest BCUT2D eigenvalue weighted by Gasteiger charge is -2.06. The summed E-state index contributed by atoms with van der Waals surface area (Å²) in [6, 6.07) is 3.41. The van der Waals surface area contributed by atoms with Crippen molar-refractivity contribution in [1.82, 2.24) is 9.97 Å². The van der Waals surface area contributed by atoms with Gasteiger partial charge in [0.05, 0.1) is 10.2 Å². The van der Waals surface area contributed by atoms with E-state index in [1.165, 1.54) is 6.92 Å². The molecule has 0 bridgehead atoms. The first-order valence-corrected chi connectivity index (χ1v) is 6.21. The monoisotopic (exact) mass is 326 g/mol. The normalized spacial score (nSPS) is 12.8. The number of nitrogens with zero attached hydrogens (tertiary/aromatic N) is 1. The molecule has 19 heavy (non-hydrogen) atoms. The van der Waals surface area contributed by atoms with Crippen molar-refractivity contribution in [3.8, 4) is 22.9 Å². The number of benzene rings is 1. The average Bonchev–Trinajstić information content (AvgIpc) is 2.84. The minimum Gasteiger partial charge on any atom is -0.454 e. The smallest absolute Gasteiger partial charge is 0.287 e. The first-order valence-electron chi connectivity index (χ1n) is 5.42. The van der Waals surface area contributed by atoms with Crippen LogP contribution < -0.4 is 15.0 Å². The van der Waals surface area contributed by atoms with E-state index in [2.05, 4.69) is 25.9 Å². The predicted molar refractivity (Wildman–Crippen MR) is 68.8 cm³/mol. The van der Waals surface area contributed by atoms with Gasteiger partial charge in [-0.2, -0.15) is 4.39 Å². The lowest BCUT2D eigenvalue weighted by molar-refractivity contribution is 0.173. The highest BCUT2D eigenvalue weighted by Crippen LogP contribution is 2.41. The van der Waals surface area contributed by atoms with Gasteiger partial charge in [-0.25, -0.2) is 4.98 Å². The van der Waals surface area contributed by atoms with Crippen LogP contribution in [-0.4, -0.2) is 16.8 Å². The summed E-state index contributed by atoms with van der Waals surface area (Å²) in [4.78, 5) is 17.8. The molecular formula is C12H8BrFN2O3. The number of hydrogen-bond donors (Lipinski definition) is 1. The van der Waals surface area contributed by atoms with E-state index >= 15 is 0 Å². The number of rotatable bonds is 1. The molecule has 0 radical (unpaired) electrons. The second-order valence-electron chi connectivity index (χ2n) is 4.01. The Kier molecular flexibility index (Phi) is 2.78. The Morgan fingerprint density at radius 3 is 2.95 bits per heavy atom. The number of aromatic nitrogens is 2. The Bertz CT molecular complexity index is 730. The summed E-state index contributed by atoms with van der Waals surface area (Å²) < 4.78 is 24.5. The van der Waals surface area contributed by atoms with Crippen LogP contribution in [0.4, 0.5) is 4.39 Å². The number of halogens is 2. The molecule has 2 heterocycles. The molecule has 0 fully saturated rings. The van der Waals surface area contributed by atoms with Crippen molar-refractivity contribution in [1.29, 1.82) is 0 Å². The zero-order valence-corrected chi connectivity index (χ0v) is 11.4. The van der Waals surface area contributed by atoms with Crippen molar-refractivity contribution >= 4 is 15.9 Å². The van der Waals surface area contributed by atoms with Crippen LogP contribution in [0.2, 0.25) is 0 Å². The van der Waals surface area contributed by atoms with Gasteiger partial charge in [0.15, 0.2) is 11.5 Å². The highest BCUT2D eigenvalue weighted by Gasteiger charge is 2.19. The van der Waals surface area contributed by atoms with Gasteiger partial charge in [0, 0.05) is 5.56 Å². The second-order valence-corrected chi connectivity index (χ2v) is 4.86. The first kappa shape index (κ1) is 12.2.